The highest BCUT2D eigenvalue weighted by atomic mass is 32.1. The van der Waals surface area contributed by atoms with Gasteiger partial charge < -0.3 is 14.5 Å². The fourth-order valence-corrected chi connectivity index (χ4v) is 2.79. The molecule has 0 amide bonds. The Hall–Kier alpha value is -2.27. The zero-order chi connectivity index (χ0) is 13.9. The molecule has 0 spiro atoms. The normalized spacial score (nSPS) is 10.7. The zero-order valence-electron chi connectivity index (χ0n) is 10.9. The number of nitrogens with one attached hydrogen (secondary N) is 1. The van der Waals surface area contributed by atoms with Gasteiger partial charge in [0.2, 0.25) is 5.76 Å². The van der Waals surface area contributed by atoms with E-state index in [9.17, 15) is 4.79 Å². The summed E-state index contributed by atoms with van der Waals surface area (Å²) in [7, 11) is 1.34. The lowest BCUT2D eigenvalue weighted by Gasteiger charge is -2.06. The molecule has 0 aliphatic heterocycles. The van der Waals surface area contributed by atoms with Crippen LogP contribution in [-0.2, 0) is 11.3 Å². The predicted octanol–water partition coefficient (Wildman–Crippen LogP) is 3.89. The number of benzene rings is 1. The summed E-state index contributed by atoms with van der Waals surface area (Å²) in [6.07, 6.45) is 1.49. The maximum absolute atomic E-state index is 11.5. The fourth-order valence-electron chi connectivity index (χ4n) is 2.02. The lowest BCUT2D eigenvalue weighted by Crippen LogP contribution is -2.06. The Morgan fingerprint density at radius 3 is 3.10 bits per heavy atom. The minimum Gasteiger partial charge on any atom is -0.463 e. The van der Waals surface area contributed by atoms with Gasteiger partial charge in [-0.3, -0.25) is 0 Å². The van der Waals surface area contributed by atoms with E-state index in [1.165, 1.54) is 23.5 Å². The highest BCUT2D eigenvalue weighted by Gasteiger charge is 2.15. The number of ether oxygens (including phenoxy) is 1. The number of esters is 1. The number of rotatable bonds is 4. The summed E-state index contributed by atoms with van der Waals surface area (Å²) in [4.78, 5) is 11.5. The number of hydrogen-bond donors (Lipinski definition) is 1. The van der Waals surface area contributed by atoms with Gasteiger partial charge in [0.15, 0.2) is 0 Å². The number of carbonyl (C=O) groups excluding carboxylic acids is 1. The van der Waals surface area contributed by atoms with Crippen LogP contribution >= 0.6 is 11.3 Å². The van der Waals surface area contributed by atoms with Crippen LogP contribution in [0.25, 0.3) is 10.1 Å². The zero-order valence-corrected chi connectivity index (χ0v) is 11.7. The first-order valence-corrected chi connectivity index (χ1v) is 7.01. The van der Waals surface area contributed by atoms with E-state index in [0.29, 0.717) is 6.54 Å². The Labute approximate surface area is 120 Å². The van der Waals surface area contributed by atoms with E-state index in [-0.39, 0.29) is 5.76 Å². The van der Waals surface area contributed by atoms with Gasteiger partial charge in [-0.25, -0.2) is 4.79 Å². The third-order valence-electron chi connectivity index (χ3n) is 3.05. The third kappa shape index (κ3) is 2.40. The maximum atomic E-state index is 11.5. The minimum atomic E-state index is -0.458. The minimum absolute atomic E-state index is 0.247. The molecule has 0 saturated carbocycles. The lowest BCUT2D eigenvalue weighted by atomic mass is 10.2. The summed E-state index contributed by atoms with van der Waals surface area (Å²) < 4.78 is 11.1. The van der Waals surface area contributed by atoms with Crippen molar-refractivity contribution in [3.63, 3.8) is 0 Å². The molecular weight excluding hydrogens is 274 g/mol. The number of anilines is 1. The molecule has 2 heterocycles. The molecule has 0 fully saturated rings. The molecule has 3 rings (SSSR count). The molecule has 0 aliphatic carbocycles. The highest BCUT2D eigenvalue weighted by molar-refractivity contribution is 7.17. The van der Waals surface area contributed by atoms with E-state index in [2.05, 4.69) is 33.6 Å². The second-order valence-corrected chi connectivity index (χ2v) is 5.24. The fraction of sp³-hybridized carbons (Fsp3) is 0.133. The number of hydrogen-bond acceptors (Lipinski definition) is 5. The maximum Gasteiger partial charge on any atom is 0.374 e. The summed E-state index contributed by atoms with van der Waals surface area (Å²) >= 11 is 1.72. The quantitative estimate of drug-likeness (QED) is 0.740. The first-order chi connectivity index (χ1) is 9.78. The molecule has 20 heavy (non-hydrogen) atoms. The molecule has 5 heteroatoms. The summed E-state index contributed by atoms with van der Waals surface area (Å²) in [5.41, 5.74) is 1.79. The number of methoxy groups -OCH3 is 1. The Morgan fingerprint density at radius 1 is 1.35 bits per heavy atom. The van der Waals surface area contributed by atoms with E-state index in [1.807, 2.05) is 6.07 Å². The monoisotopic (exact) mass is 287 g/mol. The van der Waals surface area contributed by atoms with Crippen LogP contribution in [0.2, 0.25) is 0 Å². The van der Waals surface area contributed by atoms with Crippen LogP contribution in [0, 0.1) is 0 Å². The Balaban J connectivity index is 1.76. The van der Waals surface area contributed by atoms with Crippen molar-refractivity contribution < 1.29 is 13.9 Å². The van der Waals surface area contributed by atoms with Gasteiger partial charge in [0, 0.05) is 22.5 Å². The van der Waals surface area contributed by atoms with Gasteiger partial charge in [0.1, 0.15) is 0 Å². The summed E-state index contributed by atoms with van der Waals surface area (Å²) in [5, 5.41) is 6.56. The average molecular weight is 287 g/mol. The van der Waals surface area contributed by atoms with Gasteiger partial charge >= 0.3 is 5.97 Å². The molecule has 4 nitrogen and oxygen atoms in total. The molecule has 3 aromatic rings. The highest BCUT2D eigenvalue weighted by Crippen LogP contribution is 2.24. The predicted molar refractivity (Wildman–Crippen MR) is 79.2 cm³/mol. The number of furan rings is 1. The lowest BCUT2D eigenvalue weighted by molar-refractivity contribution is 0.0563. The van der Waals surface area contributed by atoms with Gasteiger partial charge in [-0.05, 0) is 41.1 Å². The molecule has 102 valence electrons. The topological polar surface area (TPSA) is 51.5 Å². The largest absolute Gasteiger partial charge is 0.463 e. The SMILES string of the molecule is COC(=O)c1occc1CNc1ccc2sccc2c1. The molecule has 0 saturated heterocycles. The second kappa shape index (κ2) is 5.38. The average Bonchev–Trinajstić information content (AvgIpc) is 3.12. The van der Waals surface area contributed by atoms with Gasteiger partial charge in [-0.15, -0.1) is 11.3 Å². The number of thiophene rings is 1. The molecule has 0 radical (unpaired) electrons. The molecule has 0 atom stereocenters. The van der Waals surface area contributed by atoms with E-state index >= 15 is 0 Å². The first kappa shape index (κ1) is 12.7. The van der Waals surface area contributed by atoms with Crippen LogP contribution in [0.3, 0.4) is 0 Å². The van der Waals surface area contributed by atoms with Crippen LogP contribution < -0.4 is 5.32 Å². The molecule has 2 aromatic heterocycles. The van der Waals surface area contributed by atoms with E-state index < -0.39 is 5.97 Å². The van der Waals surface area contributed by atoms with E-state index in [0.717, 1.165) is 11.3 Å². The Kier molecular flexibility index (Phi) is 3.43. The van der Waals surface area contributed by atoms with Gasteiger partial charge in [-0.2, -0.15) is 0 Å². The van der Waals surface area contributed by atoms with Crippen molar-refractivity contribution in [2.24, 2.45) is 0 Å². The summed E-state index contributed by atoms with van der Waals surface area (Å²) in [6, 6.07) is 10.0. The molecule has 0 bridgehead atoms. The van der Waals surface area contributed by atoms with Gasteiger partial charge in [0.25, 0.3) is 0 Å². The van der Waals surface area contributed by atoms with Crippen molar-refractivity contribution in [2.45, 2.75) is 6.54 Å². The van der Waals surface area contributed by atoms with E-state index in [1.54, 1.807) is 17.4 Å². The number of carbonyl (C=O) groups is 1. The standard InChI is InChI=1S/C15H13NO3S/c1-18-15(17)14-11(4-6-19-14)9-16-12-2-3-13-10(8-12)5-7-20-13/h2-8,16H,9H2,1H3. The van der Waals surface area contributed by atoms with Crippen molar-refractivity contribution in [1.29, 1.82) is 0 Å². The third-order valence-corrected chi connectivity index (χ3v) is 3.95. The summed E-state index contributed by atoms with van der Waals surface area (Å²) in [5.74, 6) is -0.211. The van der Waals surface area contributed by atoms with Crippen LogP contribution in [0.1, 0.15) is 16.1 Å². The van der Waals surface area contributed by atoms with Crippen LogP contribution in [0.4, 0.5) is 5.69 Å². The summed E-state index contributed by atoms with van der Waals surface area (Å²) in [6.45, 7) is 0.510. The second-order valence-electron chi connectivity index (χ2n) is 4.29. The Bertz CT molecular complexity index is 744. The van der Waals surface area contributed by atoms with Gasteiger partial charge in [-0.1, -0.05) is 0 Å². The molecular formula is C15H13NO3S. The van der Waals surface area contributed by atoms with Crippen molar-refractivity contribution in [3.8, 4) is 0 Å². The van der Waals surface area contributed by atoms with Crippen LogP contribution in [0.5, 0.6) is 0 Å². The molecule has 1 aromatic carbocycles. The van der Waals surface area contributed by atoms with Crippen molar-refractivity contribution in [2.75, 3.05) is 12.4 Å². The van der Waals surface area contributed by atoms with Crippen molar-refractivity contribution in [3.05, 3.63) is 53.3 Å². The molecule has 0 aliphatic rings. The van der Waals surface area contributed by atoms with E-state index in [4.69, 9.17) is 4.42 Å². The van der Waals surface area contributed by atoms with Crippen molar-refractivity contribution in [1.82, 2.24) is 0 Å². The Morgan fingerprint density at radius 2 is 2.25 bits per heavy atom. The van der Waals surface area contributed by atoms with Crippen LogP contribution in [0.15, 0.2) is 46.4 Å². The van der Waals surface area contributed by atoms with Crippen molar-refractivity contribution >= 4 is 33.1 Å². The smallest absolute Gasteiger partial charge is 0.374 e. The number of fused-ring (bicyclic) bond motifs is 1. The van der Waals surface area contributed by atoms with Gasteiger partial charge in [0.05, 0.1) is 13.4 Å². The molecule has 0 unspecified atom stereocenters. The molecule has 1 N–H and O–H groups in total. The first-order valence-electron chi connectivity index (χ1n) is 6.14. The van der Waals surface area contributed by atoms with Crippen LogP contribution in [-0.4, -0.2) is 13.1 Å².